The molecule has 3 rings (SSSR count). The summed E-state index contributed by atoms with van der Waals surface area (Å²) < 4.78 is 0. The van der Waals surface area contributed by atoms with Gasteiger partial charge in [0.25, 0.3) is 5.69 Å². The van der Waals surface area contributed by atoms with Crippen molar-refractivity contribution in [3.05, 3.63) is 80.9 Å². The summed E-state index contributed by atoms with van der Waals surface area (Å²) in [5.74, 6) is -0.189. The van der Waals surface area contributed by atoms with E-state index in [4.69, 9.17) is 0 Å². The molecule has 0 heterocycles. The Morgan fingerprint density at radius 3 is 2.60 bits per heavy atom. The average molecular weight is 336 g/mol. The van der Waals surface area contributed by atoms with Crippen LogP contribution in [0.15, 0.2) is 48.5 Å². The summed E-state index contributed by atoms with van der Waals surface area (Å²) in [5.41, 5.74) is 4.69. The van der Waals surface area contributed by atoms with E-state index in [9.17, 15) is 14.9 Å². The van der Waals surface area contributed by atoms with Gasteiger partial charge in [-0.05, 0) is 66.6 Å². The molecule has 0 aliphatic heterocycles. The topological polar surface area (TPSA) is 72.2 Å². The van der Waals surface area contributed by atoms with E-state index < -0.39 is 4.92 Å². The first kappa shape index (κ1) is 16.9. The highest BCUT2D eigenvalue weighted by Crippen LogP contribution is 2.25. The highest BCUT2D eigenvalue weighted by atomic mass is 16.6. The molecular formula is C20H20N2O3. The van der Waals surface area contributed by atoms with E-state index in [2.05, 4.69) is 23.5 Å². The summed E-state index contributed by atoms with van der Waals surface area (Å²) in [7, 11) is 0. The van der Waals surface area contributed by atoms with Gasteiger partial charge in [-0.2, -0.15) is 0 Å². The summed E-state index contributed by atoms with van der Waals surface area (Å²) >= 11 is 0. The largest absolute Gasteiger partial charge is 0.346 e. The fraction of sp³-hybridized carbons (Fsp3) is 0.250. The zero-order chi connectivity index (χ0) is 17.8. The first-order valence-corrected chi connectivity index (χ1v) is 8.37. The number of nitro groups is 1. The van der Waals surface area contributed by atoms with Gasteiger partial charge in [-0.15, -0.1) is 0 Å². The minimum Gasteiger partial charge on any atom is -0.346 e. The van der Waals surface area contributed by atoms with Crippen LogP contribution in [0.5, 0.6) is 0 Å². The molecule has 0 bridgehead atoms. The zero-order valence-corrected chi connectivity index (χ0v) is 14.1. The maximum atomic E-state index is 12.1. The number of carbonyl (C=O) groups excluding carboxylic acids is 1. The molecule has 0 saturated heterocycles. The number of rotatable bonds is 5. The summed E-state index contributed by atoms with van der Waals surface area (Å²) in [4.78, 5) is 22.3. The quantitative estimate of drug-likeness (QED) is 0.510. The summed E-state index contributed by atoms with van der Waals surface area (Å²) in [5, 5.41) is 13.6. The van der Waals surface area contributed by atoms with Gasteiger partial charge < -0.3 is 5.32 Å². The molecule has 25 heavy (non-hydrogen) atoms. The standard InChI is InChI=1S/C20H20N2O3/c1-14(17-9-8-16-3-2-4-18(16)13-17)21-20(23)12-7-15-5-10-19(11-6-15)22(24)25/h5-14H,2-4H2,1H3,(H,21,23)/b12-7+/t14-/m1/s1. The molecule has 128 valence electrons. The molecule has 5 heteroatoms. The molecule has 2 aromatic rings. The Kier molecular flexibility index (Phi) is 4.93. The number of nitro benzene ring substituents is 1. The number of non-ortho nitro benzene ring substituents is 1. The molecule has 1 atom stereocenters. The van der Waals surface area contributed by atoms with E-state index in [1.807, 2.05) is 6.92 Å². The van der Waals surface area contributed by atoms with Crippen molar-refractivity contribution in [2.24, 2.45) is 0 Å². The Morgan fingerprint density at radius 2 is 1.88 bits per heavy atom. The molecule has 0 aromatic heterocycles. The van der Waals surface area contributed by atoms with E-state index >= 15 is 0 Å². The SMILES string of the molecule is C[C@@H](NC(=O)/C=C/c1ccc([N+](=O)[O-])cc1)c1ccc2c(c1)CCC2. The van der Waals surface area contributed by atoms with Crippen LogP contribution in [-0.4, -0.2) is 10.8 Å². The molecule has 0 radical (unpaired) electrons. The highest BCUT2D eigenvalue weighted by Gasteiger charge is 2.14. The minimum absolute atomic E-state index is 0.0341. The number of fused-ring (bicyclic) bond motifs is 1. The minimum atomic E-state index is -0.446. The number of carbonyl (C=O) groups is 1. The van der Waals surface area contributed by atoms with E-state index in [0.29, 0.717) is 0 Å². The third kappa shape index (κ3) is 4.12. The predicted octanol–water partition coefficient (Wildman–Crippen LogP) is 3.97. The van der Waals surface area contributed by atoms with E-state index in [1.165, 1.54) is 35.8 Å². The van der Waals surface area contributed by atoms with E-state index in [1.54, 1.807) is 18.2 Å². The molecule has 1 N–H and O–H groups in total. The molecule has 1 aliphatic rings. The number of nitrogens with one attached hydrogen (secondary N) is 1. The highest BCUT2D eigenvalue weighted by molar-refractivity contribution is 5.92. The summed E-state index contributed by atoms with van der Waals surface area (Å²) in [6.45, 7) is 1.97. The molecule has 0 fully saturated rings. The van der Waals surface area contributed by atoms with Gasteiger partial charge >= 0.3 is 0 Å². The lowest BCUT2D eigenvalue weighted by atomic mass is 10.0. The van der Waals surface area contributed by atoms with E-state index in [-0.39, 0.29) is 17.6 Å². The molecule has 1 aliphatic carbocycles. The van der Waals surface area contributed by atoms with Crippen molar-refractivity contribution in [1.82, 2.24) is 5.32 Å². The predicted molar refractivity (Wildman–Crippen MR) is 97.2 cm³/mol. The van der Waals surface area contributed by atoms with Crippen molar-refractivity contribution in [2.75, 3.05) is 0 Å². The second-order valence-corrected chi connectivity index (χ2v) is 6.29. The second kappa shape index (κ2) is 7.30. The molecule has 5 nitrogen and oxygen atoms in total. The van der Waals surface area contributed by atoms with Crippen LogP contribution in [-0.2, 0) is 17.6 Å². The number of hydrogen-bond acceptors (Lipinski definition) is 3. The molecular weight excluding hydrogens is 316 g/mol. The smallest absolute Gasteiger partial charge is 0.269 e. The third-order valence-electron chi connectivity index (χ3n) is 4.51. The molecule has 0 saturated carbocycles. The van der Waals surface area contributed by atoms with Gasteiger partial charge in [0.2, 0.25) is 5.91 Å². The molecule has 1 amide bonds. The van der Waals surface area contributed by atoms with Crippen molar-refractivity contribution >= 4 is 17.7 Å². The lowest BCUT2D eigenvalue weighted by molar-refractivity contribution is -0.384. The van der Waals surface area contributed by atoms with E-state index in [0.717, 1.165) is 24.0 Å². The average Bonchev–Trinajstić information content (AvgIpc) is 3.08. The number of nitrogens with zero attached hydrogens (tertiary/aromatic N) is 1. The zero-order valence-electron chi connectivity index (χ0n) is 14.1. The Morgan fingerprint density at radius 1 is 1.16 bits per heavy atom. The Hall–Kier alpha value is -2.95. The Labute approximate surface area is 146 Å². The van der Waals surface area contributed by atoms with Gasteiger partial charge in [-0.3, -0.25) is 14.9 Å². The number of amides is 1. The van der Waals surface area contributed by atoms with Gasteiger partial charge in [0.1, 0.15) is 0 Å². The van der Waals surface area contributed by atoms with Gasteiger partial charge in [0.05, 0.1) is 11.0 Å². The van der Waals surface area contributed by atoms with Crippen molar-refractivity contribution in [3.8, 4) is 0 Å². The van der Waals surface area contributed by atoms with Gasteiger partial charge in [0.15, 0.2) is 0 Å². The monoisotopic (exact) mass is 336 g/mol. The maximum absolute atomic E-state index is 12.1. The molecule has 0 unspecified atom stereocenters. The van der Waals surface area contributed by atoms with Crippen LogP contribution in [0.3, 0.4) is 0 Å². The first-order chi connectivity index (χ1) is 12.0. The van der Waals surface area contributed by atoms with Gasteiger partial charge in [0, 0.05) is 18.2 Å². The maximum Gasteiger partial charge on any atom is 0.269 e. The van der Waals surface area contributed by atoms with Crippen LogP contribution in [0.4, 0.5) is 5.69 Å². The Balaban J connectivity index is 1.60. The Bertz CT molecular complexity index is 825. The van der Waals surface area contributed by atoms with Crippen LogP contribution < -0.4 is 5.32 Å². The van der Waals surface area contributed by atoms with Crippen LogP contribution in [0.25, 0.3) is 6.08 Å². The fourth-order valence-electron chi connectivity index (χ4n) is 3.08. The summed E-state index contributed by atoms with van der Waals surface area (Å²) in [6, 6.07) is 12.4. The van der Waals surface area contributed by atoms with Crippen LogP contribution in [0, 0.1) is 10.1 Å². The molecule has 0 spiro atoms. The number of aryl methyl sites for hydroxylation is 2. The number of hydrogen-bond donors (Lipinski definition) is 1. The lowest BCUT2D eigenvalue weighted by Crippen LogP contribution is -2.24. The van der Waals surface area contributed by atoms with Crippen LogP contribution in [0.1, 0.15) is 41.6 Å². The first-order valence-electron chi connectivity index (χ1n) is 8.37. The summed E-state index contributed by atoms with van der Waals surface area (Å²) in [6.07, 6.45) is 6.56. The van der Waals surface area contributed by atoms with Gasteiger partial charge in [-0.1, -0.05) is 18.2 Å². The van der Waals surface area contributed by atoms with Crippen LogP contribution in [0.2, 0.25) is 0 Å². The van der Waals surface area contributed by atoms with Crippen molar-refractivity contribution in [2.45, 2.75) is 32.2 Å². The fourth-order valence-corrected chi connectivity index (χ4v) is 3.08. The lowest BCUT2D eigenvalue weighted by Gasteiger charge is -2.14. The van der Waals surface area contributed by atoms with Crippen molar-refractivity contribution < 1.29 is 9.72 Å². The van der Waals surface area contributed by atoms with Gasteiger partial charge in [-0.25, -0.2) is 0 Å². The molecule has 2 aromatic carbocycles. The van der Waals surface area contributed by atoms with Crippen LogP contribution >= 0.6 is 0 Å². The van der Waals surface area contributed by atoms with Crippen molar-refractivity contribution in [3.63, 3.8) is 0 Å². The van der Waals surface area contributed by atoms with Crippen molar-refractivity contribution in [1.29, 1.82) is 0 Å². The number of benzene rings is 2. The third-order valence-corrected chi connectivity index (χ3v) is 4.51. The normalized spacial score (nSPS) is 14.3. The second-order valence-electron chi connectivity index (χ2n) is 6.29.